The van der Waals surface area contributed by atoms with E-state index in [2.05, 4.69) is 5.32 Å². The molecule has 5 nitrogen and oxygen atoms in total. The summed E-state index contributed by atoms with van der Waals surface area (Å²) >= 11 is 0. The van der Waals surface area contributed by atoms with Crippen molar-refractivity contribution in [2.45, 2.75) is 18.2 Å². The van der Waals surface area contributed by atoms with Gasteiger partial charge in [-0.1, -0.05) is 17.7 Å². The molecule has 1 aromatic carbocycles. The molecule has 2 saturated heterocycles. The zero-order valence-electron chi connectivity index (χ0n) is 10.7. The zero-order chi connectivity index (χ0) is 13.7. The molecule has 0 aliphatic carbocycles. The van der Waals surface area contributed by atoms with E-state index in [4.69, 9.17) is 0 Å². The van der Waals surface area contributed by atoms with Gasteiger partial charge in [0.25, 0.3) is 0 Å². The Kier molecular flexibility index (Phi) is 2.69. The number of hydrogen-bond acceptors (Lipinski definition) is 3. The maximum absolute atomic E-state index is 12.4. The molecule has 2 aliphatic rings. The number of benzene rings is 1. The highest BCUT2D eigenvalue weighted by Crippen LogP contribution is 2.39. The SMILES string of the molecule is Cc1ccc(S(=O)(=O)N2CC3(CNC(=O)C3)C2)cc1. The lowest BCUT2D eigenvalue weighted by molar-refractivity contribution is -0.120. The predicted molar refractivity (Wildman–Crippen MR) is 70.0 cm³/mol. The van der Waals surface area contributed by atoms with Crippen LogP contribution in [0.15, 0.2) is 29.2 Å². The molecule has 2 fully saturated rings. The lowest BCUT2D eigenvalue weighted by Crippen LogP contribution is -2.59. The molecule has 0 aromatic heterocycles. The average Bonchev–Trinajstić information content (AvgIpc) is 2.70. The molecule has 102 valence electrons. The van der Waals surface area contributed by atoms with Crippen molar-refractivity contribution >= 4 is 15.9 Å². The van der Waals surface area contributed by atoms with Crippen LogP contribution in [0, 0.1) is 12.3 Å². The van der Waals surface area contributed by atoms with Crippen molar-refractivity contribution in [3.05, 3.63) is 29.8 Å². The molecule has 19 heavy (non-hydrogen) atoms. The van der Waals surface area contributed by atoms with Crippen LogP contribution >= 0.6 is 0 Å². The second-order valence-electron chi connectivity index (χ2n) is 5.54. The van der Waals surface area contributed by atoms with Crippen molar-refractivity contribution in [1.29, 1.82) is 0 Å². The maximum Gasteiger partial charge on any atom is 0.243 e. The van der Waals surface area contributed by atoms with Crippen LogP contribution in [0.1, 0.15) is 12.0 Å². The van der Waals surface area contributed by atoms with Crippen LogP contribution in [0.4, 0.5) is 0 Å². The van der Waals surface area contributed by atoms with Crippen LogP contribution in [-0.4, -0.2) is 38.3 Å². The van der Waals surface area contributed by atoms with Gasteiger partial charge in [0.2, 0.25) is 15.9 Å². The molecule has 2 heterocycles. The minimum atomic E-state index is -3.41. The summed E-state index contributed by atoms with van der Waals surface area (Å²) in [6, 6.07) is 6.85. The van der Waals surface area contributed by atoms with Crippen LogP contribution in [0.5, 0.6) is 0 Å². The number of sulfonamides is 1. The molecule has 0 saturated carbocycles. The Balaban J connectivity index is 1.77. The van der Waals surface area contributed by atoms with E-state index in [1.807, 2.05) is 6.92 Å². The van der Waals surface area contributed by atoms with Gasteiger partial charge in [-0.3, -0.25) is 4.79 Å². The van der Waals surface area contributed by atoms with Crippen molar-refractivity contribution in [1.82, 2.24) is 9.62 Å². The number of carbonyl (C=O) groups excluding carboxylic acids is 1. The average molecular weight is 280 g/mol. The van der Waals surface area contributed by atoms with E-state index < -0.39 is 10.0 Å². The quantitative estimate of drug-likeness (QED) is 0.858. The van der Waals surface area contributed by atoms with Gasteiger partial charge in [-0.25, -0.2) is 8.42 Å². The fourth-order valence-corrected chi connectivity index (χ4v) is 4.37. The highest BCUT2D eigenvalue weighted by molar-refractivity contribution is 7.89. The normalized spacial score (nSPS) is 22.3. The number of hydrogen-bond donors (Lipinski definition) is 1. The third-order valence-corrected chi connectivity index (χ3v) is 5.68. The first-order valence-electron chi connectivity index (χ1n) is 6.25. The molecule has 1 amide bonds. The minimum Gasteiger partial charge on any atom is -0.355 e. The molecule has 3 rings (SSSR count). The van der Waals surface area contributed by atoms with Crippen molar-refractivity contribution in [3.63, 3.8) is 0 Å². The Hall–Kier alpha value is -1.40. The molecule has 1 N–H and O–H groups in total. The lowest BCUT2D eigenvalue weighted by atomic mass is 9.81. The minimum absolute atomic E-state index is 0.0207. The van der Waals surface area contributed by atoms with E-state index in [1.165, 1.54) is 4.31 Å². The van der Waals surface area contributed by atoms with Gasteiger partial charge in [-0.15, -0.1) is 0 Å². The number of amides is 1. The molecule has 2 aliphatic heterocycles. The van der Waals surface area contributed by atoms with E-state index in [-0.39, 0.29) is 11.3 Å². The number of carbonyl (C=O) groups is 1. The first kappa shape index (κ1) is 12.6. The van der Waals surface area contributed by atoms with Gasteiger partial charge in [-0.05, 0) is 19.1 Å². The Bertz CT molecular complexity index is 616. The smallest absolute Gasteiger partial charge is 0.243 e. The Morgan fingerprint density at radius 2 is 1.84 bits per heavy atom. The van der Waals surface area contributed by atoms with Crippen molar-refractivity contribution in [3.8, 4) is 0 Å². The topological polar surface area (TPSA) is 66.5 Å². The van der Waals surface area contributed by atoms with Gasteiger partial charge in [0.05, 0.1) is 4.90 Å². The van der Waals surface area contributed by atoms with Crippen molar-refractivity contribution in [2.75, 3.05) is 19.6 Å². The molecule has 0 bridgehead atoms. The highest BCUT2D eigenvalue weighted by Gasteiger charge is 2.52. The summed E-state index contributed by atoms with van der Waals surface area (Å²) in [6.07, 6.45) is 0.437. The van der Waals surface area contributed by atoms with Crippen LogP contribution < -0.4 is 5.32 Å². The molecule has 0 radical (unpaired) electrons. The molecular weight excluding hydrogens is 264 g/mol. The first-order chi connectivity index (χ1) is 8.91. The van der Waals surface area contributed by atoms with Gasteiger partial charge in [0.15, 0.2) is 0 Å². The van der Waals surface area contributed by atoms with Crippen molar-refractivity contribution in [2.24, 2.45) is 5.41 Å². The summed E-state index contributed by atoms with van der Waals surface area (Å²) in [5.74, 6) is 0.0207. The summed E-state index contributed by atoms with van der Waals surface area (Å²) in [6.45, 7) is 3.38. The number of rotatable bonds is 2. The summed E-state index contributed by atoms with van der Waals surface area (Å²) in [5, 5.41) is 2.77. The lowest BCUT2D eigenvalue weighted by Gasteiger charge is -2.45. The summed E-state index contributed by atoms with van der Waals surface area (Å²) in [4.78, 5) is 11.6. The van der Waals surface area contributed by atoms with Gasteiger partial charge in [0, 0.05) is 31.5 Å². The van der Waals surface area contributed by atoms with Gasteiger partial charge in [0.1, 0.15) is 0 Å². The number of nitrogens with zero attached hydrogens (tertiary/aromatic N) is 1. The molecule has 1 aromatic rings. The zero-order valence-corrected chi connectivity index (χ0v) is 11.5. The van der Waals surface area contributed by atoms with Crippen LogP contribution in [0.2, 0.25) is 0 Å². The van der Waals surface area contributed by atoms with Crippen LogP contribution in [0.25, 0.3) is 0 Å². The largest absolute Gasteiger partial charge is 0.355 e. The van der Waals surface area contributed by atoms with Crippen LogP contribution in [0.3, 0.4) is 0 Å². The predicted octanol–water partition coefficient (Wildman–Crippen LogP) is 0.506. The second-order valence-corrected chi connectivity index (χ2v) is 7.48. The van der Waals surface area contributed by atoms with E-state index in [9.17, 15) is 13.2 Å². The second kappa shape index (κ2) is 4.05. The summed E-state index contributed by atoms with van der Waals surface area (Å²) < 4.78 is 26.2. The highest BCUT2D eigenvalue weighted by atomic mass is 32.2. The third-order valence-electron chi connectivity index (χ3n) is 3.88. The maximum atomic E-state index is 12.4. The van der Waals surface area contributed by atoms with Gasteiger partial charge >= 0.3 is 0 Å². The first-order valence-corrected chi connectivity index (χ1v) is 7.69. The summed E-state index contributed by atoms with van der Waals surface area (Å²) in [5.41, 5.74) is 0.860. The monoisotopic (exact) mass is 280 g/mol. The van der Waals surface area contributed by atoms with E-state index in [0.29, 0.717) is 31.0 Å². The summed E-state index contributed by atoms with van der Waals surface area (Å²) in [7, 11) is -3.41. The van der Waals surface area contributed by atoms with Gasteiger partial charge in [-0.2, -0.15) is 4.31 Å². The van der Waals surface area contributed by atoms with E-state index in [1.54, 1.807) is 24.3 Å². The molecule has 1 spiro atoms. The number of nitrogens with one attached hydrogen (secondary N) is 1. The Morgan fingerprint density at radius 3 is 2.37 bits per heavy atom. The molecule has 0 unspecified atom stereocenters. The Morgan fingerprint density at radius 1 is 1.21 bits per heavy atom. The van der Waals surface area contributed by atoms with E-state index in [0.717, 1.165) is 5.56 Å². The van der Waals surface area contributed by atoms with Gasteiger partial charge < -0.3 is 5.32 Å². The standard InChI is InChI=1S/C13H16N2O3S/c1-10-2-4-11(5-3-10)19(17,18)15-8-13(9-15)6-12(16)14-7-13/h2-5H,6-9H2,1H3,(H,14,16). The van der Waals surface area contributed by atoms with Crippen LogP contribution in [-0.2, 0) is 14.8 Å². The van der Waals surface area contributed by atoms with E-state index >= 15 is 0 Å². The van der Waals surface area contributed by atoms with Crippen molar-refractivity contribution < 1.29 is 13.2 Å². The Labute approximate surface area is 112 Å². The fourth-order valence-electron chi connectivity index (χ4n) is 2.71. The molecule has 6 heteroatoms. The molecular formula is C13H16N2O3S. The molecule has 0 atom stereocenters. The third kappa shape index (κ3) is 2.04. The number of aryl methyl sites for hydroxylation is 1. The fraction of sp³-hybridized carbons (Fsp3) is 0.462.